The van der Waals surface area contributed by atoms with Gasteiger partial charge >= 0.3 is 12.3 Å². The fourth-order valence-corrected chi connectivity index (χ4v) is 2.65. The second-order valence-corrected chi connectivity index (χ2v) is 6.14. The van der Waals surface area contributed by atoms with Crippen molar-refractivity contribution in [2.75, 3.05) is 19.7 Å². The van der Waals surface area contributed by atoms with Gasteiger partial charge in [0.05, 0.1) is 5.92 Å². The first-order chi connectivity index (χ1) is 13.1. The number of halogens is 3. The highest BCUT2D eigenvalue weighted by Crippen LogP contribution is 2.23. The Bertz CT molecular complexity index is 747. The molecule has 0 spiro atoms. The molecule has 1 aromatic carbocycles. The molecule has 0 bridgehead atoms. The quantitative estimate of drug-likeness (QED) is 0.581. The summed E-state index contributed by atoms with van der Waals surface area (Å²) in [5, 5.41) is 0. The molecular formula is C18H19F3N2O5. The van der Waals surface area contributed by atoms with Gasteiger partial charge < -0.3 is 20.1 Å². The number of hydrogen-bond donors (Lipinski definition) is 1. The normalized spacial score (nSPS) is 17.4. The number of amides is 2. The van der Waals surface area contributed by atoms with Crippen LogP contribution >= 0.6 is 0 Å². The second-order valence-electron chi connectivity index (χ2n) is 6.14. The van der Waals surface area contributed by atoms with E-state index in [1.807, 2.05) is 0 Å². The van der Waals surface area contributed by atoms with E-state index in [0.29, 0.717) is 24.9 Å². The largest absolute Gasteiger partial charge is 0.573 e. The van der Waals surface area contributed by atoms with E-state index in [1.165, 1.54) is 23.1 Å². The Balaban J connectivity index is 1.80. The lowest BCUT2D eigenvalue weighted by molar-refractivity contribution is -0.274. The number of carbonyl (C=O) groups excluding carboxylic acids is 3. The topological polar surface area (TPSA) is 98.9 Å². The van der Waals surface area contributed by atoms with Crippen molar-refractivity contribution in [3.8, 4) is 5.75 Å². The first kappa shape index (κ1) is 21.3. The van der Waals surface area contributed by atoms with Crippen molar-refractivity contribution in [2.24, 2.45) is 11.7 Å². The standard InChI is InChI=1S/C18H19F3N2O5/c19-18(20,21)28-14-6-3-12(4-7-14)5-8-16(25)27-11-15(24)23-9-1-2-13(10-23)17(22)26/h3-8,13H,1-2,9-11H2,(H2,22,26)/b8-5+/t13-/m0/s1. The summed E-state index contributed by atoms with van der Waals surface area (Å²) in [5.41, 5.74) is 5.69. The number of primary amides is 1. The van der Waals surface area contributed by atoms with Crippen LogP contribution in [0.15, 0.2) is 30.3 Å². The van der Waals surface area contributed by atoms with Crippen LogP contribution in [0.1, 0.15) is 18.4 Å². The number of esters is 1. The van der Waals surface area contributed by atoms with Crippen molar-refractivity contribution < 1.29 is 37.0 Å². The van der Waals surface area contributed by atoms with Crippen molar-refractivity contribution in [3.63, 3.8) is 0 Å². The van der Waals surface area contributed by atoms with Gasteiger partial charge in [-0.2, -0.15) is 0 Å². The molecule has 7 nitrogen and oxygen atoms in total. The van der Waals surface area contributed by atoms with Crippen molar-refractivity contribution >= 4 is 23.9 Å². The molecule has 0 saturated carbocycles. The summed E-state index contributed by atoms with van der Waals surface area (Å²) in [4.78, 5) is 36.4. The summed E-state index contributed by atoms with van der Waals surface area (Å²) in [6.45, 7) is 0.184. The zero-order valence-electron chi connectivity index (χ0n) is 14.8. The van der Waals surface area contributed by atoms with Gasteiger partial charge in [0.15, 0.2) is 6.61 Å². The monoisotopic (exact) mass is 400 g/mol. The Morgan fingerprint density at radius 2 is 1.89 bits per heavy atom. The van der Waals surface area contributed by atoms with Crippen LogP contribution in [0.3, 0.4) is 0 Å². The number of carbonyl (C=O) groups is 3. The first-order valence-electron chi connectivity index (χ1n) is 8.42. The molecule has 0 aliphatic carbocycles. The lowest BCUT2D eigenvalue weighted by atomic mass is 9.97. The van der Waals surface area contributed by atoms with Gasteiger partial charge in [0.1, 0.15) is 5.75 Å². The summed E-state index contributed by atoms with van der Waals surface area (Å²) >= 11 is 0. The SMILES string of the molecule is NC(=O)[C@H]1CCCN(C(=O)COC(=O)/C=C/c2ccc(OC(F)(F)F)cc2)C1. The van der Waals surface area contributed by atoms with Gasteiger partial charge in [0.25, 0.3) is 5.91 Å². The fourth-order valence-electron chi connectivity index (χ4n) is 2.65. The highest BCUT2D eigenvalue weighted by atomic mass is 19.4. The van der Waals surface area contributed by atoms with E-state index in [0.717, 1.165) is 18.2 Å². The van der Waals surface area contributed by atoms with Crippen molar-refractivity contribution in [1.29, 1.82) is 0 Å². The molecule has 1 aliphatic rings. The number of piperidine rings is 1. The summed E-state index contributed by atoms with van der Waals surface area (Å²) in [7, 11) is 0. The van der Waals surface area contributed by atoms with Gasteiger partial charge in [0, 0.05) is 19.2 Å². The molecule has 10 heteroatoms. The summed E-state index contributed by atoms with van der Waals surface area (Å²) in [5.74, 6) is -2.47. The summed E-state index contributed by atoms with van der Waals surface area (Å²) in [6, 6.07) is 4.86. The molecule has 2 amide bonds. The highest BCUT2D eigenvalue weighted by molar-refractivity contribution is 5.89. The average Bonchev–Trinajstić information content (AvgIpc) is 2.64. The maximum absolute atomic E-state index is 12.1. The number of rotatable bonds is 6. The third-order valence-corrected chi connectivity index (χ3v) is 4.04. The van der Waals surface area contributed by atoms with E-state index in [1.54, 1.807) is 0 Å². The van der Waals surface area contributed by atoms with Crippen molar-refractivity contribution in [2.45, 2.75) is 19.2 Å². The Morgan fingerprint density at radius 3 is 2.50 bits per heavy atom. The van der Waals surface area contributed by atoms with Crippen LogP contribution in [0.2, 0.25) is 0 Å². The molecule has 2 N–H and O–H groups in total. The predicted octanol–water partition coefficient (Wildman–Crippen LogP) is 1.87. The molecule has 1 atom stereocenters. The number of nitrogens with zero attached hydrogens (tertiary/aromatic N) is 1. The van der Waals surface area contributed by atoms with Gasteiger partial charge in [-0.15, -0.1) is 13.2 Å². The number of nitrogens with two attached hydrogens (primary N) is 1. The van der Waals surface area contributed by atoms with Gasteiger partial charge in [-0.3, -0.25) is 9.59 Å². The molecule has 0 radical (unpaired) electrons. The molecular weight excluding hydrogens is 381 g/mol. The summed E-state index contributed by atoms with van der Waals surface area (Å²) in [6.07, 6.45) is -1.14. The van der Waals surface area contributed by atoms with E-state index in [-0.39, 0.29) is 12.3 Å². The molecule has 0 aromatic heterocycles. The minimum Gasteiger partial charge on any atom is -0.452 e. The smallest absolute Gasteiger partial charge is 0.452 e. The molecule has 28 heavy (non-hydrogen) atoms. The number of ether oxygens (including phenoxy) is 2. The Morgan fingerprint density at radius 1 is 1.21 bits per heavy atom. The third-order valence-electron chi connectivity index (χ3n) is 4.04. The summed E-state index contributed by atoms with van der Waals surface area (Å²) < 4.78 is 44.9. The third kappa shape index (κ3) is 6.93. The Hall–Kier alpha value is -3.04. The van der Waals surface area contributed by atoms with Crippen LogP contribution < -0.4 is 10.5 Å². The molecule has 1 heterocycles. The number of hydrogen-bond acceptors (Lipinski definition) is 5. The van der Waals surface area contributed by atoms with Crippen LogP contribution in [0.5, 0.6) is 5.75 Å². The van der Waals surface area contributed by atoms with Crippen LogP contribution in [-0.4, -0.2) is 48.7 Å². The van der Waals surface area contributed by atoms with E-state index in [4.69, 9.17) is 10.5 Å². The van der Waals surface area contributed by atoms with Crippen LogP contribution in [-0.2, 0) is 19.1 Å². The fraction of sp³-hybridized carbons (Fsp3) is 0.389. The number of alkyl halides is 3. The molecule has 1 aliphatic heterocycles. The lowest BCUT2D eigenvalue weighted by Crippen LogP contribution is -2.45. The Kier molecular flexibility index (Phi) is 7.02. The molecule has 1 aromatic rings. The molecule has 152 valence electrons. The van der Waals surface area contributed by atoms with Crippen molar-refractivity contribution in [1.82, 2.24) is 4.90 Å². The van der Waals surface area contributed by atoms with E-state index < -0.39 is 36.7 Å². The zero-order valence-corrected chi connectivity index (χ0v) is 14.8. The molecule has 1 saturated heterocycles. The Labute approximate surface area is 158 Å². The number of likely N-dealkylation sites (tertiary alicyclic amines) is 1. The van der Waals surface area contributed by atoms with E-state index in [2.05, 4.69) is 4.74 Å². The molecule has 1 fully saturated rings. The molecule has 2 rings (SSSR count). The average molecular weight is 400 g/mol. The van der Waals surface area contributed by atoms with Crippen LogP contribution in [0.25, 0.3) is 6.08 Å². The van der Waals surface area contributed by atoms with Crippen LogP contribution in [0.4, 0.5) is 13.2 Å². The van der Waals surface area contributed by atoms with Crippen LogP contribution in [0, 0.1) is 5.92 Å². The predicted molar refractivity (Wildman–Crippen MR) is 91.6 cm³/mol. The maximum Gasteiger partial charge on any atom is 0.573 e. The van der Waals surface area contributed by atoms with Gasteiger partial charge in [0.2, 0.25) is 5.91 Å². The molecule has 0 unspecified atom stereocenters. The van der Waals surface area contributed by atoms with Gasteiger partial charge in [-0.25, -0.2) is 4.79 Å². The first-order valence-corrected chi connectivity index (χ1v) is 8.42. The number of benzene rings is 1. The zero-order chi connectivity index (χ0) is 20.7. The lowest BCUT2D eigenvalue weighted by Gasteiger charge is -2.30. The van der Waals surface area contributed by atoms with Gasteiger partial charge in [-0.05, 0) is 36.6 Å². The van der Waals surface area contributed by atoms with Crippen molar-refractivity contribution in [3.05, 3.63) is 35.9 Å². The second kappa shape index (κ2) is 9.25. The minimum atomic E-state index is -4.78. The van der Waals surface area contributed by atoms with E-state index >= 15 is 0 Å². The minimum absolute atomic E-state index is 0.202. The highest BCUT2D eigenvalue weighted by Gasteiger charge is 2.31. The van der Waals surface area contributed by atoms with E-state index in [9.17, 15) is 27.6 Å². The van der Waals surface area contributed by atoms with Gasteiger partial charge in [-0.1, -0.05) is 12.1 Å². The maximum atomic E-state index is 12.1.